The van der Waals surface area contributed by atoms with Crippen LogP contribution in [0.25, 0.3) is 0 Å². The predicted molar refractivity (Wildman–Crippen MR) is 85.7 cm³/mol. The van der Waals surface area contributed by atoms with Gasteiger partial charge in [0.1, 0.15) is 5.82 Å². The minimum Gasteiger partial charge on any atom is -0.333 e. The molecule has 2 aliphatic heterocycles. The van der Waals surface area contributed by atoms with Crippen LogP contribution in [0.4, 0.5) is 14.9 Å². The summed E-state index contributed by atoms with van der Waals surface area (Å²) in [7, 11) is 0. The molecule has 2 heterocycles. The fourth-order valence-electron chi connectivity index (χ4n) is 3.36. The second kappa shape index (κ2) is 6.56. The van der Waals surface area contributed by atoms with Gasteiger partial charge in [0.25, 0.3) is 0 Å². The number of halogens is 1. The van der Waals surface area contributed by atoms with E-state index in [1.165, 1.54) is 17.0 Å². The first kappa shape index (κ1) is 15.8. The molecule has 23 heavy (non-hydrogen) atoms. The summed E-state index contributed by atoms with van der Waals surface area (Å²) in [6, 6.07) is 5.89. The smallest absolute Gasteiger partial charge is 0.317 e. The van der Waals surface area contributed by atoms with E-state index in [2.05, 4.69) is 12.2 Å². The van der Waals surface area contributed by atoms with Crippen molar-refractivity contribution in [2.45, 2.75) is 44.7 Å². The van der Waals surface area contributed by atoms with Crippen molar-refractivity contribution in [1.29, 1.82) is 0 Å². The SMILES string of the molecule is C[C@@H]1CCCCN1C(=O)N[C@@H]1CC(=O)N(c2cccc(F)c2)C1. The topological polar surface area (TPSA) is 52.7 Å². The third-order valence-corrected chi connectivity index (χ3v) is 4.64. The van der Waals surface area contributed by atoms with Crippen LogP contribution in [0.2, 0.25) is 0 Å². The average molecular weight is 319 g/mol. The van der Waals surface area contributed by atoms with E-state index < -0.39 is 0 Å². The zero-order valence-corrected chi connectivity index (χ0v) is 13.3. The van der Waals surface area contributed by atoms with Gasteiger partial charge in [-0.05, 0) is 44.4 Å². The van der Waals surface area contributed by atoms with Crippen molar-refractivity contribution in [1.82, 2.24) is 10.2 Å². The molecule has 2 fully saturated rings. The number of likely N-dealkylation sites (tertiary alicyclic amines) is 1. The molecule has 0 unspecified atom stereocenters. The van der Waals surface area contributed by atoms with Gasteiger partial charge in [-0.25, -0.2) is 9.18 Å². The highest BCUT2D eigenvalue weighted by Crippen LogP contribution is 2.23. The number of nitrogens with zero attached hydrogens (tertiary/aromatic N) is 2. The Labute approximate surface area is 135 Å². The molecule has 0 aliphatic carbocycles. The zero-order chi connectivity index (χ0) is 16.4. The summed E-state index contributed by atoms with van der Waals surface area (Å²) in [6.45, 7) is 3.20. The van der Waals surface area contributed by atoms with Crippen LogP contribution in [0.3, 0.4) is 0 Å². The number of piperidine rings is 1. The summed E-state index contributed by atoms with van der Waals surface area (Å²) in [5.74, 6) is -0.461. The second-order valence-corrected chi connectivity index (χ2v) is 6.37. The molecule has 0 bridgehead atoms. The first-order chi connectivity index (χ1) is 11.0. The average Bonchev–Trinajstić information content (AvgIpc) is 2.88. The van der Waals surface area contributed by atoms with Gasteiger partial charge in [-0.1, -0.05) is 6.07 Å². The van der Waals surface area contributed by atoms with Crippen molar-refractivity contribution in [2.24, 2.45) is 0 Å². The normalized spacial score (nSPS) is 24.9. The van der Waals surface area contributed by atoms with Gasteiger partial charge in [0.15, 0.2) is 0 Å². The Morgan fingerprint density at radius 2 is 2.17 bits per heavy atom. The van der Waals surface area contributed by atoms with Crippen LogP contribution in [0.15, 0.2) is 24.3 Å². The molecular formula is C17H22FN3O2. The molecule has 2 atom stereocenters. The molecule has 2 aliphatic rings. The molecule has 6 heteroatoms. The fraction of sp³-hybridized carbons (Fsp3) is 0.529. The van der Waals surface area contributed by atoms with Gasteiger partial charge >= 0.3 is 6.03 Å². The van der Waals surface area contributed by atoms with Crippen LogP contribution < -0.4 is 10.2 Å². The van der Waals surface area contributed by atoms with Gasteiger partial charge in [-0.15, -0.1) is 0 Å². The van der Waals surface area contributed by atoms with Crippen molar-refractivity contribution in [3.05, 3.63) is 30.1 Å². The van der Waals surface area contributed by atoms with E-state index in [0.717, 1.165) is 25.8 Å². The predicted octanol–water partition coefficient (Wildman–Crippen LogP) is 2.52. The Bertz CT molecular complexity index is 607. The number of nitrogens with one attached hydrogen (secondary N) is 1. The highest BCUT2D eigenvalue weighted by atomic mass is 19.1. The van der Waals surface area contributed by atoms with Gasteiger partial charge < -0.3 is 15.1 Å². The van der Waals surface area contributed by atoms with E-state index >= 15 is 0 Å². The molecule has 5 nitrogen and oxygen atoms in total. The highest BCUT2D eigenvalue weighted by molar-refractivity contribution is 5.96. The molecule has 124 valence electrons. The lowest BCUT2D eigenvalue weighted by atomic mass is 10.0. The molecule has 0 spiro atoms. The molecule has 1 aromatic carbocycles. The van der Waals surface area contributed by atoms with Crippen LogP contribution >= 0.6 is 0 Å². The molecule has 0 saturated carbocycles. The molecule has 1 aromatic rings. The number of benzene rings is 1. The monoisotopic (exact) mass is 319 g/mol. The van der Waals surface area contributed by atoms with Crippen LogP contribution in [-0.2, 0) is 4.79 Å². The number of urea groups is 1. The molecular weight excluding hydrogens is 297 g/mol. The van der Waals surface area contributed by atoms with E-state index in [0.29, 0.717) is 12.2 Å². The van der Waals surface area contributed by atoms with Crippen molar-refractivity contribution in [2.75, 3.05) is 18.0 Å². The molecule has 0 aromatic heterocycles. The minimum absolute atomic E-state index is 0.0902. The Hall–Kier alpha value is -2.11. The van der Waals surface area contributed by atoms with Crippen molar-refractivity contribution < 1.29 is 14.0 Å². The van der Waals surface area contributed by atoms with Gasteiger partial charge in [-0.2, -0.15) is 0 Å². The maximum atomic E-state index is 13.3. The Morgan fingerprint density at radius 3 is 2.91 bits per heavy atom. The molecule has 2 saturated heterocycles. The summed E-state index contributed by atoms with van der Waals surface area (Å²) in [5.41, 5.74) is 0.540. The summed E-state index contributed by atoms with van der Waals surface area (Å²) >= 11 is 0. The number of carbonyl (C=O) groups is 2. The van der Waals surface area contributed by atoms with Crippen LogP contribution in [0, 0.1) is 5.82 Å². The molecule has 0 radical (unpaired) electrons. The van der Waals surface area contributed by atoms with Crippen molar-refractivity contribution in [3.8, 4) is 0 Å². The first-order valence-corrected chi connectivity index (χ1v) is 8.17. The summed E-state index contributed by atoms with van der Waals surface area (Å²) in [6.07, 6.45) is 3.45. The van der Waals surface area contributed by atoms with E-state index in [1.807, 2.05) is 4.90 Å². The highest BCUT2D eigenvalue weighted by Gasteiger charge is 2.33. The largest absolute Gasteiger partial charge is 0.333 e. The van der Waals surface area contributed by atoms with Gasteiger partial charge in [0, 0.05) is 31.2 Å². The summed E-state index contributed by atoms with van der Waals surface area (Å²) < 4.78 is 13.3. The third kappa shape index (κ3) is 3.46. The lowest BCUT2D eigenvalue weighted by molar-refractivity contribution is -0.117. The van der Waals surface area contributed by atoms with E-state index in [9.17, 15) is 14.0 Å². The van der Waals surface area contributed by atoms with Gasteiger partial charge in [0.2, 0.25) is 5.91 Å². The number of hydrogen-bond acceptors (Lipinski definition) is 2. The third-order valence-electron chi connectivity index (χ3n) is 4.64. The summed E-state index contributed by atoms with van der Waals surface area (Å²) in [5, 5.41) is 2.95. The van der Waals surface area contributed by atoms with E-state index in [1.54, 1.807) is 12.1 Å². The lowest BCUT2D eigenvalue weighted by Crippen LogP contribution is -2.50. The number of amides is 3. The van der Waals surface area contributed by atoms with E-state index in [4.69, 9.17) is 0 Å². The Morgan fingerprint density at radius 1 is 1.35 bits per heavy atom. The first-order valence-electron chi connectivity index (χ1n) is 8.17. The molecule has 1 N–H and O–H groups in total. The minimum atomic E-state index is -0.370. The maximum Gasteiger partial charge on any atom is 0.317 e. The quantitative estimate of drug-likeness (QED) is 0.910. The lowest BCUT2D eigenvalue weighted by Gasteiger charge is -2.34. The molecule has 3 amide bonds. The second-order valence-electron chi connectivity index (χ2n) is 6.37. The van der Waals surface area contributed by atoms with Crippen molar-refractivity contribution >= 4 is 17.6 Å². The molecule has 3 rings (SSSR count). The number of hydrogen-bond donors (Lipinski definition) is 1. The number of carbonyl (C=O) groups excluding carboxylic acids is 2. The standard InChI is InChI=1S/C17H22FN3O2/c1-12-5-2-3-8-20(12)17(23)19-14-10-16(22)21(11-14)15-7-4-6-13(18)9-15/h4,6-7,9,12,14H,2-3,5,8,10-11H2,1H3,(H,19,23)/t12-,14-/m1/s1. The van der Waals surface area contributed by atoms with Crippen LogP contribution in [0.5, 0.6) is 0 Å². The van der Waals surface area contributed by atoms with Crippen LogP contribution in [-0.4, -0.2) is 42.0 Å². The number of rotatable bonds is 2. The van der Waals surface area contributed by atoms with Gasteiger partial charge in [-0.3, -0.25) is 4.79 Å². The van der Waals surface area contributed by atoms with Crippen molar-refractivity contribution in [3.63, 3.8) is 0 Å². The number of anilines is 1. The van der Waals surface area contributed by atoms with Gasteiger partial charge in [0.05, 0.1) is 6.04 Å². The van der Waals surface area contributed by atoms with Crippen LogP contribution in [0.1, 0.15) is 32.6 Å². The summed E-state index contributed by atoms with van der Waals surface area (Å²) in [4.78, 5) is 27.9. The maximum absolute atomic E-state index is 13.3. The zero-order valence-electron chi connectivity index (χ0n) is 13.3. The Balaban J connectivity index is 1.62. The van der Waals surface area contributed by atoms with E-state index in [-0.39, 0.29) is 36.3 Å². The Kier molecular flexibility index (Phi) is 4.50. The fourth-order valence-corrected chi connectivity index (χ4v) is 3.36.